The molecule has 9 heterocycles. The number of imidazole rings is 1. The smallest absolute Gasteiger partial charge is 0.276 e. The van der Waals surface area contributed by atoms with Crippen molar-refractivity contribution in [1.82, 2.24) is 39.5 Å². The van der Waals surface area contributed by atoms with Crippen LogP contribution in [0.25, 0.3) is 22.3 Å². The molecule has 2 unspecified atom stereocenters. The number of imide groups is 1. The summed E-state index contributed by atoms with van der Waals surface area (Å²) in [5.74, 6) is -5.74. The fourth-order valence-corrected chi connectivity index (χ4v) is 13.2. The number of amides is 5. The number of rotatable bonds is 10. The molecular formula is C55H67F2N11O5. The van der Waals surface area contributed by atoms with Crippen molar-refractivity contribution in [2.45, 2.75) is 145 Å². The molecule has 0 bridgehead atoms. The minimum absolute atomic E-state index is 0.0405. The number of hydrogen-bond donors (Lipinski definition) is 2. The molecule has 1 aromatic carbocycles. The van der Waals surface area contributed by atoms with Crippen molar-refractivity contribution in [2.24, 2.45) is 11.8 Å². The summed E-state index contributed by atoms with van der Waals surface area (Å²) in [4.78, 5) is 91.3. The topological polar surface area (TPSA) is 169 Å². The van der Waals surface area contributed by atoms with Gasteiger partial charge in [0.15, 0.2) is 5.82 Å². The first-order valence-corrected chi connectivity index (χ1v) is 27.1. The summed E-state index contributed by atoms with van der Waals surface area (Å²) in [6.07, 6.45) is 13.4. The van der Waals surface area contributed by atoms with E-state index in [9.17, 15) is 19.2 Å². The highest BCUT2D eigenvalue weighted by atomic mass is 19.3. The molecule has 2 N–H and O–H groups in total. The van der Waals surface area contributed by atoms with E-state index in [1.807, 2.05) is 24.5 Å². The van der Waals surface area contributed by atoms with Gasteiger partial charge in [-0.1, -0.05) is 24.6 Å². The predicted octanol–water partition coefficient (Wildman–Crippen LogP) is 6.79. The number of nitrogens with zero attached hydrogens (tertiary/aromatic N) is 9. The average molecular weight is 1000 g/mol. The molecule has 73 heavy (non-hydrogen) atoms. The number of nitrogens with one attached hydrogen (secondary N) is 2. The van der Waals surface area contributed by atoms with Crippen LogP contribution in [-0.4, -0.2) is 140 Å². The van der Waals surface area contributed by atoms with Gasteiger partial charge in [0.25, 0.3) is 5.92 Å². The van der Waals surface area contributed by atoms with Gasteiger partial charge in [0, 0.05) is 86.7 Å². The Kier molecular flexibility index (Phi) is 12.3. The van der Waals surface area contributed by atoms with Gasteiger partial charge < -0.3 is 34.4 Å². The molecule has 12 rings (SSSR count). The highest BCUT2D eigenvalue weighted by Gasteiger charge is 2.58. The van der Waals surface area contributed by atoms with Gasteiger partial charge in [0.05, 0.1) is 35.4 Å². The summed E-state index contributed by atoms with van der Waals surface area (Å²) in [5, 5.41) is 6.05. The number of carbonyl (C=O) groups excluding carboxylic acids is 5. The summed E-state index contributed by atoms with van der Waals surface area (Å²) in [6.45, 7) is 7.17. The molecule has 4 aromatic rings. The number of benzene rings is 1. The third-order valence-electron chi connectivity index (χ3n) is 17.8. The molecule has 5 amide bonds. The molecular weight excluding hydrogens is 933 g/mol. The van der Waals surface area contributed by atoms with E-state index in [1.165, 1.54) is 24.2 Å². The predicted molar refractivity (Wildman–Crippen MR) is 271 cm³/mol. The van der Waals surface area contributed by atoms with Crippen LogP contribution in [0.5, 0.6) is 0 Å². The molecule has 2 aliphatic carbocycles. The van der Waals surface area contributed by atoms with E-state index in [2.05, 4.69) is 66.9 Å². The summed E-state index contributed by atoms with van der Waals surface area (Å²) in [5.41, 5.74) is 5.22. The van der Waals surface area contributed by atoms with Crippen LogP contribution in [0.4, 0.5) is 26.1 Å². The first-order valence-electron chi connectivity index (χ1n) is 27.1. The zero-order valence-corrected chi connectivity index (χ0v) is 42.0. The lowest BCUT2D eigenvalue weighted by atomic mass is 9.73. The van der Waals surface area contributed by atoms with E-state index in [1.54, 1.807) is 11.1 Å². The maximum absolute atomic E-state index is 16.3. The largest absolute Gasteiger partial charge is 0.366 e. The van der Waals surface area contributed by atoms with Gasteiger partial charge >= 0.3 is 0 Å². The van der Waals surface area contributed by atoms with Crippen LogP contribution in [0.3, 0.4) is 0 Å². The van der Waals surface area contributed by atoms with Crippen molar-refractivity contribution in [1.29, 1.82) is 0 Å². The number of piperidine rings is 5. The van der Waals surface area contributed by atoms with Crippen LogP contribution >= 0.6 is 0 Å². The lowest BCUT2D eigenvalue weighted by Crippen LogP contribution is -2.60. The number of fused-ring (bicyclic) bond motifs is 3. The van der Waals surface area contributed by atoms with Crippen LogP contribution in [0.2, 0.25) is 0 Å². The molecule has 5 saturated heterocycles. The normalized spacial score (nSPS) is 26.6. The first-order chi connectivity index (χ1) is 35.2. The number of hydrogen-bond acceptors (Lipinski definition) is 11. The Hall–Kier alpha value is -6.04. The Balaban J connectivity index is 0.714. The molecule has 6 aliphatic heterocycles. The molecule has 7 fully saturated rings. The lowest BCUT2D eigenvalue weighted by Gasteiger charge is -2.48. The van der Waals surface area contributed by atoms with Crippen LogP contribution in [0, 0.1) is 11.8 Å². The fraction of sp³-hybridized carbons (Fsp3) is 0.600. The summed E-state index contributed by atoms with van der Waals surface area (Å²) >= 11 is 0. The second kappa shape index (κ2) is 18.7. The van der Waals surface area contributed by atoms with Gasteiger partial charge in [-0.15, -0.1) is 0 Å². The van der Waals surface area contributed by atoms with Crippen molar-refractivity contribution < 1.29 is 32.8 Å². The van der Waals surface area contributed by atoms with E-state index in [0.717, 1.165) is 83.7 Å². The number of aromatic nitrogens is 4. The fourth-order valence-electron chi connectivity index (χ4n) is 13.2. The molecule has 386 valence electrons. The van der Waals surface area contributed by atoms with E-state index in [4.69, 9.17) is 9.97 Å². The van der Waals surface area contributed by atoms with E-state index >= 15 is 13.6 Å². The number of pyridine rings is 2. The van der Waals surface area contributed by atoms with Crippen molar-refractivity contribution in [3.05, 3.63) is 60.0 Å². The first kappa shape index (κ1) is 47.9. The summed E-state index contributed by atoms with van der Waals surface area (Å²) in [6, 6.07) is 13.1. The molecule has 18 heteroatoms. The van der Waals surface area contributed by atoms with Crippen molar-refractivity contribution in [3.63, 3.8) is 0 Å². The Labute approximate surface area is 424 Å². The number of likely N-dealkylation sites (tertiary alicyclic amines) is 3. The SMILES string of the molecule is CC(C)n1cnc2cc(-c3ccc4c(c3)N(C3CC(N5CCCCC5)C3)C(=O)C43CCN(C(=O)C4CCN(C(=O)C5CCN(c6ccc(C7CCC(=O)NC7=O)cn6)CC5)CC4(F)F)CC3)nc(NC3CC3)c21. The Morgan fingerprint density at radius 3 is 2.26 bits per heavy atom. The molecule has 16 nitrogen and oxygen atoms in total. The maximum Gasteiger partial charge on any atom is 0.276 e. The molecule has 8 aliphatic rings. The van der Waals surface area contributed by atoms with Crippen LogP contribution in [-0.2, 0) is 29.4 Å². The average Bonchev–Trinajstić information content (AvgIpc) is 4.04. The standard InChI is InChI=1S/C55H67F2N11O5/c1-33(2)67-32-59-44-29-43(61-49(48(44)67)60-37-8-9-37)35-6-11-41-45(26-35)68(39-27-38(28-39)63-19-4-3-5-20-63)53(73)54(41)17-24-65(25-18-54)52(72)42-16-23-66(31-55(42,56)57)51(71)34-14-21-64(22-15-34)46-12-7-36(30-58-46)40-10-13-47(69)62-50(40)70/h6-7,11-12,26,29-30,32-34,37-40,42H,3-5,8-10,13-25,27-28,31H2,1-2H3,(H,60,61)(H,62,69,70). The van der Waals surface area contributed by atoms with E-state index < -0.39 is 41.5 Å². The van der Waals surface area contributed by atoms with Gasteiger partial charge in [-0.2, -0.15) is 0 Å². The van der Waals surface area contributed by atoms with Gasteiger partial charge in [0.1, 0.15) is 17.3 Å². The molecule has 2 atom stereocenters. The zero-order chi connectivity index (χ0) is 50.3. The highest BCUT2D eigenvalue weighted by molar-refractivity contribution is 6.09. The maximum atomic E-state index is 16.3. The van der Waals surface area contributed by atoms with Gasteiger partial charge in [-0.3, -0.25) is 29.3 Å². The lowest BCUT2D eigenvalue weighted by molar-refractivity contribution is -0.170. The van der Waals surface area contributed by atoms with Crippen molar-refractivity contribution >= 4 is 57.9 Å². The second-order valence-corrected chi connectivity index (χ2v) is 22.7. The third-order valence-corrected chi connectivity index (χ3v) is 17.8. The minimum atomic E-state index is -3.41. The Morgan fingerprint density at radius 1 is 0.808 bits per heavy atom. The number of halogens is 2. The highest BCUT2D eigenvalue weighted by Crippen LogP contribution is 2.53. The summed E-state index contributed by atoms with van der Waals surface area (Å²) < 4.78 is 34.7. The third kappa shape index (κ3) is 8.72. The van der Waals surface area contributed by atoms with Crippen molar-refractivity contribution in [2.75, 3.05) is 67.5 Å². The zero-order valence-electron chi connectivity index (χ0n) is 42.0. The quantitative estimate of drug-likeness (QED) is 0.161. The second-order valence-electron chi connectivity index (χ2n) is 22.7. The number of carbonyl (C=O) groups is 5. The van der Waals surface area contributed by atoms with Gasteiger partial charge in [0.2, 0.25) is 29.5 Å². The number of alkyl halides is 2. The minimum Gasteiger partial charge on any atom is -0.366 e. The van der Waals surface area contributed by atoms with Gasteiger partial charge in [-0.05, 0) is 133 Å². The molecule has 2 saturated carbocycles. The molecule has 3 aromatic heterocycles. The van der Waals surface area contributed by atoms with E-state index in [-0.39, 0.29) is 68.2 Å². The van der Waals surface area contributed by atoms with Crippen LogP contribution in [0.15, 0.2) is 48.9 Å². The molecule has 0 radical (unpaired) electrons. The molecule has 1 spiro atoms. The Morgan fingerprint density at radius 2 is 1.58 bits per heavy atom. The monoisotopic (exact) mass is 1000 g/mol. The van der Waals surface area contributed by atoms with Crippen LogP contribution in [0.1, 0.15) is 127 Å². The van der Waals surface area contributed by atoms with E-state index in [0.29, 0.717) is 63.1 Å². The van der Waals surface area contributed by atoms with Crippen LogP contribution < -0.4 is 20.4 Å². The Bertz CT molecular complexity index is 2820. The number of anilines is 3. The summed E-state index contributed by atoms with van der Waals surface area (Å²) in [7, 11) is 0. The van der Waals surface area contributed by atoms with Gasteiger partial charge in [-0.25, -0.2) is 23.7 Å². The van der Waals surface area contributed by atoms with Crippen molar-refractivity contribution in [3.8, 4) is 11.3 Å².